The molecule has 5 heteroatoms. The Morgan fingerprint density at radius 3 is 2.50 bits per heavy atom. The van der Waals surface area contributed by atoms with Crippen molar-refractivity contribution in [2.24, 2.45) is 0 Å². The van der Waals surface area contributed by atoms with Crippen molar-refractivity contribution in [2.45, 2.75) is 12.6 Å². The average Bonchev–Trinajstić information content (AvgIpc) is 2.19. The number of hydrogen-bond donors (Lipinski definition) is 1. The summed E-state index contributed by atoms with van der Waals surface area (Å²) in [5.41, 5.74) is -0.131. The van der Waals surface area contributed by atoms with Crippen LogP contribution in [0.25, 0.3) is 0 Å². The van der Waals surface area contributed by atoms with Gasteiger partial charge in [-0.05, 0) is 34.1 Å². The molecule has 1 aromatic carbocycles. The second kappa shape index (κ2) is 5.65. The molecule has 0 atom stereocenters. The maximum absolute atomic E-state index is 12.3. The fourth-order valence-corrected chi connectivity index (χ4v) is 1.60. The van der Waals surface area contributed by atoms with Crippen molar-refractivity contribution < 1.29 is 13.2 Å². The first-order chi connectivity index (χ1) is 7.45. The Morgan fingerprint density at radius 2 is 2.00 bits per heavy atom. The van der Waals surface area contributed by atoms with E-state index in [1.165, 1.54) is 6.07 Å². The van der Waals surface area contributed by atoms with Crippen LogP contribution in [0.3, 0.4) is 0 Å². The third-order valence-electron chi connectivity index (χ3n) is 1.76. The van der Waals surface area contributed by atoms with Crippen molar-refractivity contribution in [3.05, 3.63) is 33.8 Å². The first kappa shape index (κ1) is 13.5. The van der Waals surface area contributed by atoms with Crippen LogP contribution in [0.15, 0.2) is 22.7 Å². The van der Waals surface area contributed by atoms with E-state index in [4.69, 9.17) is 0 Å². The molecule has 0 fully saturated rings. The Hall–Kier alpha value is -0.600. The van der Waals surface area contributed by atoms with Gasteiger partial charge >= 0.3 is 6.18 Å². The van der Waals surface area contributed by atoms with Crippen molar-refractivity contribution in [1.29, 1.82) is 0 Å². The van der Waals surface area contributed by atoms with E-state index in [0.717, 1.165) is 12.1 Å². The predicted molar refractivity (Wildman–Crippen MR) is 64.5 cm³/mol. The summed E-state index contributed by atoms with van der Waals surface area (Å²) in [6.45, 7) is 0. The van der Waals surface area contributed by atoms with Crippen molar-refractivity contribution in [2.75, 3.05) is 5.75 Å². The van der Waals surface area contributed by atoms with E-state index < -0.39 is 11.7 Å². The van der Waals surface area contributed by atoms with E-state index in [1.807, 2.05) is 0 Å². The largest absolute Gasteiger partial charge is 0.416 e. The summed E-state index contributed by atoms with van der Waals surface area (Å²) in [7, 11) is 0. The molecule has 0 aromatic heterocycles. The lowest BCUT2D eigenvalue weighted by atomic mass is 10.1. The van der Waals surface area contributed by atoms with Gasteiger partial charge in [0.15, 0.2) is 0 Å². The van der Waals surface area contributed by atoms with Crippen LogP contribution in [0, 0.1) is 11.8 Å². The average molecular weight is 309 g/mol. The molecule has 0 saturated heterocycles. The second-order valence-corrected chi connectivity index (χ2v) is 4.27. The lowest BCUT2D eigenvalue weighted by Crippen LogP contribution is -2.04. The van der Waals surface area contributed by atoms with Crippen molar-refractivity contribution in [1.82, 2.24) is 0 Å². The van der Waals surface area contributed by atoms with E-state index in [2.05, 4.69) is 40.4 Å². The highest BCUT2D eigenvalue weighted by atomic mass is 79.9. The van der Waals surface area contributed by atoms with E-state index in [0.29, 0.717) is 22.2 Å². The third-order valence-corrected chi connectivity index (χ3v) is 2.64. The Balaban J connectivity index is 2.98. The molecule has 0 heterocycles. The van der Waals surface area contributed by atoms with Gasteiger partial charge in [-0.1, -0.05) is 11.8 Å². The van der Waals surface area contributed by atoms with Gasteiger partial charge in [-0.3, -0.25) is 0 Å². The highest BCUT2D eigenvalue weighted by Crippen LogP contribution is 2.31. The smallest absolute Gasteiger partial charge is 0.178 e. The van der Waals surface area contributed by atoms with Crippen LogP contribution >= 0.6 is 28.6 Å². The molecule has 1 rings (SSSR count). The number of hydrogen-bond acceptors (Lipinski definition) is 1. The maximum Gasteiger partial charge on any atom is 0.416 e. The van der Waals surface area contributed by atoms with Crippen LogP contribution in [0.2, 0.25) is 0 Å². The Bertz CT molecular complexity index is 429. The summed E-state index contributed by atoms with van der Waals surface area (Å²) in [4.78, 5) is 0. The topological polar surface area (TPSA) is 0 Å². The molecule has 0 spiro atoms. The van der Waals surface area contributed by atoms with Gasteiger partial charge in [-0.25, -0.2) is 0 Å². The number of thiol groups is 1. The molecule has 86 valence electrons. The Labute approximate surface area is 106 Å². The molecule has 0 amide bonds. The molecular weight excluding hydrogens is 301 g/mol. The van der Waals surface area contributed by atoms with Crippen LogP contribution < -0.4 is 0 Å². The molecule has 1 aromatic rings. The molecule has 0 aliphatic heterocycles. The zero-order valence-corrected chi connectivity index (χ0v) is 10.6. The first-order valence-electron chi connectivity index (χ1n) is 4.41. The molecule has 16 heavy (non-hydrogen) atoms. The molecule has 0 aliphatic carbocycles. The number of benzene rings is 1. The van der Waals surface area contributed by atoms with E-state index in [-0.39, 0.29) is 0 Å². The summed E-state index contributed by atoms with van der Waals surface area (Å²) in [5, 5.41) is 0. The van der Waals surface area contributed by atoms with Crippen LogP contribution in [-0.2, 0) is 6.18 Å². The molecular formula is C11H8BrF3S. The molecule has 0 aliphatic rings. The number of halogens is 4. The normalized spacial score (nSPS) is 10.8. The Morgan fingerprint density at radius 1 is 1.31 bits per heavy atom. The van der Waals surface area contributed by atoms with E-state index >= 15 is 0 Å². The first-order valence-corrected chi connectivity index (χ1v) is 5.84. The third kappa shape index (κ3) is 3.76. The van der Waals surface area contributed by atoms with E-state index in [9.17, 15) is 13.2 Å². The van der Waals surface area contributed by atoms with Crippen LogP contribution in [-0.4, -0.2) is 5.75 Å². The van der Waals surface area contributed by atoms with Crippen LogP contribution in [0.4, 0.5) is 13.2 Å². The van der Waals surface area contributed by atoms with E-state index in [1.54, 1.807) is 0 Å². The van der Waals surface area contributed by atoms with Crippen molar-refractivity contribution in [3.63, 3.8) is 0 Å². The van der Waals surface area contributed by atoms with Gasteiger partial charge < -0.3 is 0 Å². The fourth-order valence-electron chi connectivity index (χ4n) is 1.01. The summed E-state index contributed by atoms with van der Waals surface area (Å²) >= 11 is 7.05. The molecule has 0 nitrogen and oxygen atoms in total. The highest BCUT2D eigenvalue weighted by Gasteiger charge is 2.30. The van der Waals surface area contributed by atoms with Gasteiger partial charge in [-0.15, -0.1) is 0 Å². The zero-order chi connectivity index (χ0) is 12.2. The predicted octanol–water partition coefficient (Wildman–Crippen LogP) is 4.14. The molecule has 0 N–H and O–H groups in total. The maximum atomic E-state index is 12.3. The Kier molecular flexibility index (Phi) is 4.75. The van der Waals surface area contributed by atoms with Crippen molar-refractivity contribution >= 4 is 28.6 Å². The van der Waals surface area contributed by atoms with Crippen molar-refractivity contribution in [3.8, 4) is 11.8 Å². The standard InChI is InChI=1S/C11H8BrF3S/c12-10-7-9(11(13,14)15)5-4-8(10)3-1-2-6-16/h4-5,7,16H,2,6H2. The van der Waals surface area contributed by atoms with Gasteiger partial charge in [-0.2, -0.15) is 25.8 Å². The molecule has 0 unspecified atom stereocenters. The lowest BCUT2D eigenvalue weighted by Gasteiger charge is -2.07. The molecule has 0 radical (unpaired) electrons. The zero-order valence-electron chi connectivity index (χ0n) is 8.11. The lowest BCUT2D eigenvalue weighted by molar-refractivity contribution is -0.137. The van der Waals surface area contributed by atoms with Gasteiger partial charge in [0.1, 0.15) is 0 Å². The summed E-state index contributed by atoms with van der Waals surface area (Å²) in [5.74, 6) is 6.22. The fraction of sp³-hybridized carbons (Fsp3) is 0.273. The van der Waals surface area contributed by atoms with Gasteiger partial charge in [0.25, 0.3) is 0 Å². The summed E-state index contributed by atoms with van der Waals surface area (Å²) in [6.07, 6.45) is -3.71. The quantitative estimate of drug-likeness (QED) is 0.585. The minimum absolute atomic E-state index is 0.356. The minimum atomic E-state index is -4.32. The van der Waals surface area contributed by atoms with Gasteiger partial charge in [0, 0.05) is 22.2 Å². The van der Waals surface area contributed by atoms with Crippen LogP contribution in [0.1, 0.15) is 17.5 Å². The summed E-state index contributed by atoms with van der Waals surface area (Å²) in [6, 6.07) is 3.42. The molecule has 0 bridgehead atoms. The number of rotatable bonds is 1. The minimum Gasteiger partial charge on any atom is -0.178 e. The molecule has 0 saturated carbocycles. The van der Waals surface area contributed by atoms with Crippen LogP contribution in [0.5, 0.6) is 0 Å². The van der Waals surface area contributed by atoms with Gasteiger partial charge in [0.2, 0.25) is 0 Å². The highest BCUT2D eigenvalue weighted by molar-refractivity contribution is 9.10. The SMILES string of the molecule is FC(F)(F)c1ccc(C#CCCS)c(Br)c1. The monoisotopic (exact) mass is 308 g/mol. The van der Waals surface area contributed by atoms with Gasteiger partial charge in [0.05, 0.1) is 5.56 Å². The second-order valence-electron chi connectivity index (χ2n) is 2.97. The summed E-state index contributed by atoms with van der Waals surface area (Å²) < 4.78 is 37.4. The number of alkyl halides is 3.